The van der Waals surface area contributed by atoms with E-state index in [4.69, 9.17) is 4.74 Å². The van der Waals surface area contributed by atoms with Crippen LogP contribution in [0.15, 0.2) is 61.1 Å². The van der Waals surface area contributed by atoms with Gasteiger partial charge in [0, 0.05) is 49.1 Å². The van der Waals surface area contributed by atoms with E-state index >= 15 is 0 Å². The minimum atomic E-state index is -0.0993. The number of aromatic nitrogens is 3. The Labute approximate surface area is 163 Å². The molecule has 0 bridgehead atoms. The molecule has 0 unspecified atom stereocenters. The van der Waals surface area contributed by atoms with Gasteiger partial charge >= 0.3 is 0 Å². The van der Waals surface area contributed by atoms with Crippen LogP contribution in [0.25, 0.3) is 5.82 Å². The maximum absolute atomic E-state index is 12.2. The Morgan fingerprint density at radius 1 is 1.07 bits per heavy atom. The molecule has 3 aromatic rings. The van der Waals surface area contributed by atoms with Crippen LogP contribution in [0, 0.1) is 0 Å². The lowest BCUT2D eigenvalue weighted by molar-refractivity contribution is -0.121. The van der Waals surface area contributed by atoms with E-state index in [1.165, 1.54) is 0 Å². The minimum Gasteiger partial charge on any atom is -0.497 e. The van der Waals surface area contributed by atoms with E-state index in [1.807, 2.05) is 18.2 Å². The summed E-state index contributed by atoms with van der Waals surface area (Å²) in [7, 11) is 1.58. The van der Waals surface area contributed by atoms with Crippen LogP contribution in [-0.4, -0.2) is 33.6 Å². The molecule has 1 amide bonds. The molecule has 7 nitrogen and oxygen atoms in total. The highest BCUT2D eigenvalue weighted by atomic mass is 16.5. The van der Waals surface area contributed by atoms with Crippen LogP contribution in [0.4, 0.5) is 0 Å². The topological polar surface area (TPSA) is 86.1 Å². The normalized spacial score (nSPS) is 10.5. The predicted molar refractivity (Wildman–Crippen MR) is 104 cm³/mol. The van der Waals surface area contributed by atoms with Gasteiger partial charge in [0.2, 0.25) is 5.91 Å². The van der Waals surface area contributed by atoms with Gasteiger partial charge in [0.15, 0.2) is 11.6 Å². The fourth-order valence-corrected chi connectivity index (χ4v) is 2.78. The summed E-state index contributed by atoms with van der Waals surface area (Å²) in [5.41, 5.74) is 1.49. The fraction of sp³-hybridized carbons (Fsp3) is 0.238. The summed E-state index contributed by atoms with van der Waals surface area (Å²) in [6, 6.07) is 12.5. The first-order chi connectivity index (χ1) is 13.7. The van der Waals surface area contributed by atoms with E-state index in [9.17, 15) is 9.59 Å². The van der Waals surface area contributed by atoms with Gasteiger partial charge in [0.25, 0.3) is 0 Å². The molecule has 0 spiro atoms. The number of ketones is 1. The van der Waals surface area contributed by atoms with E-state index in [2.05, 4.69) is 15.4 Å². The Morgan fingerprint density at radius 3 is 2.61 bits per heavy atom. The quantitative estimate of drug-likeness (QED) is 0.579. The number of hydrogen-bond acceptors (Lipinski definition) is 5. The first-order valence-electron chi connectivity index (χ1n) is 9.05. The van der Waals surface area contributed by atoms with Crippen molar-refractivity contribution < 1.29 is 14.3 Å². The fourth-order valence-electron chi connectivity index (χ4n) is 2.78. The average molecular weight is 378 g/mol. The van der Waals surface area contributed by atoms with Gasteiger partial charge in [-0.25, -0.2) is 9.67 Å². The number of ether oxygens (including phenoxy) is 1. The summed E-state index contributed by atoms with van der Waals surface area (Å²) in [5, 5.41) is 7.06. The Bertz CT molecular complexity index is 921. The first kappa shape index (κ1) is 19.3. The predicted octanol–water partition coefficient (Wildman–Crippen LogP) is 2.95. The average Bonchev–Trinajstić information content (AvgIpc) is 3.27. The molecular formula is C21H22N4O3. The molecule has 0 radical (unpaired) electrons. The first-order valence-corrected chi connectivity index (χ1v) is 9.05. The van der Waals surface area contributed by atoms with Gasteiger partial charge in [-0.1, -0.05) is 6.07 Å². The molecule has 0 atom stereocenters. The lowest BCUT2D eigenvalue weighted by Gasteiger charge is -2.09. The van der Waals surface area contributed by atoms with Crippen LogP contribution >= 0.6 is 0 Å². The standard InChI is InChI=1S/C21H22N4O3/c1-28-18-10-8-16(9-11-18)19(26)6-2-7-20(27)23-15-17-5-3-12-22-21(17)25-14-4-13-24-25/h3-5,8-14H,2,6-7,15H2,1H3,(H,23,27). The Kier molecular flexibility index (Phi) is 6.51. The lowest BCUT2D eigenvalue weighted by Crippen LogP contribution is -2.23. The van der Waals surface area contributed by atoms with Crippen molar-refractivity contribution in [3.05, 3.63) is 72.2 Å². The van der Waals surface area contributed by atoms with E-state index in [1.54, 1.807) is 54.6 Å². The highest BCUT2D eigenvalue weighted by Crippen LogP contribution is 2.14. The van der Waals surface area contributed by atoms with Crippen molar-refractivity contribution in [3.8, 4) is 11.6 Å². The zero-order chi connectivity index (χ0) is 19.8. The van der Waals surface area contributed by atoms with Gasteiger partial charge in [-0.15, -0.1) is 0 Å². The summed E-state index contributed by atoms with van der Waals surface area (Å²) in [4.78, 5) is 28.7. The number of amides is 1. The SMILES string of the molecule is COc1ccc(C(=O)CCCC(=O)NCc2cccnc2-n2cccn2)cc1. The molecule has 0 saturated heterocycles. The Hall–Kier alpha value is -3.48. The molecule has 144 valence electrons. The van der Waals surface area contributed by atoms with Crippen LogP contribution in [0.3, 0.4) is 0 Å². The second-order valence-electron chi connectivity index (χ2n) is 6.22. The van der Waals surface area contributed by atoms with E-state index in [0.717, 1.165) is 5.56 Å². The molecule has 0 aliphatic rings. The lowest BCUT2D eigenvalue weighted by atomic mass is 10.1. The third kappa shape index (κ3) is 5.03. The molecule has 0 saturated carbocycles. The molecular weight excluding hydrogens is 356 g/mol. The highest BCUT2D eigenvalue weighted by molar-refractivity contribution is 5.96. The zero-order valence-corrected chi connectivity index (χ0v) is 15.7. The van der Waals surface area contributed by atoms with E-state index < -0.39 is 0 Å². The molecule has 2 aromatic heterocycles. The molecule has 28 heavy (non-hydrogen) atoms. The third-order valence-corrected chi connectivity index (χ3v) is 4.28. The number of Topliss-reactive ketones (excluding diaryl/α,β-unsaturated/α-hetero) is 1. The van der Waals surface area contributed by atoms with Crippen molar-refractivity contribution in [2.45, 2.75) is 25.8 Å². The van der Waals surface area contributed by atoms with Crippen molar-refractivity contribution in [3.63, 3.8) is 0 Å². The van der Waals surface area contributed by atoms with Crippen LogP contribution < -0.4 is 10.1 Å². The number of benzene rings is 1. The van der Waals surface area contributed by atoms with Crippen molar-refractivity contribution in [2.24, 2.45) is 0 Å². The molecule has 0 aliphatic heterocycles. The van der Waals surface area contributed by atoms with Crippen molar-refractivity contribution in [2.75, 3.05) is 7.11 Å². The van der Waals surface area contributed by atoms with Crippen LogP contribution in [0.5, 0.6) is 5.75 Å². The summed E-state index contributed by atoms with van der Waals surface area (Å²) in [6.45, 7) is 0.355. The van der Waals surface area contributed by atoms with Gasteiger partial charge < -0.3 is 10.1 Å². The number of carbonyl (C=O) groups excluding carboxylic acids is 2. The molecule has 0 fully saturated rings. The smallest absolute Gasteiger partial charge is 0.220 e. The number of rotatable bonds is 9. The molecule has 3 rings (SSSR count). The number of carbonyl (C=O) groups is 2. The van der Waals surface area contributed by atoms with Crippen LogP contribution in [-0.2, 0) is 11.3 Å². The summed E-state index contributed by atoms with van der Waals surface area (Å²) in [5.74, 6) is 1.31. The molecule has 1 N–H and O–H groups in total. The molecule has 0 aliphatic carbocycles. The number of hydrogen-bond donors (Lipinski definition) is 1. The Morgan fingerprint density at radius 2 is 1.89 bits per heavy atom. The third-order valence-electron chi connectivity index (χ3n) is 4.28. The number of methoxy groups -OCH3 is 1. The number of nitrogens with zero attached hydrogens (tertiary/aromatic N) is 3. The van der Waals surface area contributed by atoms with Gasteiger partial charge in [-0.2, -0.15) is 5.10 Å². The summed E-state index contributed by atoms with van der Waals surface area (Å²) < 4.78 is 6.74. The maximum Gasteiger partial charge on any atom is 0.220 e. The van der Waals surface area contributed by atoms with E-state index in [-0.39, 0.29) is 11.7 Å². The van der Waals surface area contributed by atoms with Gasteiger partial charge in [-0.3, -0.25) is 9.59 Å². The number of nitrogens with one attached hydrogen (secondary N) is 1. The van der Waals surface area contributed by atoms with Crippen molar-refractivity contribution in [1.82, 2.24) is 20.1 Å². The summed E-state index contributed by atoms with van der Waals surface area (Å²) >= 11 is 0. The monoisotopic (exact) mass is 378 g/mol. The second-order valence-corrected chi connectivity index (χ2v) is 6.22. The Balaban J connectivity index is 1.46. The van der Waals surface area contributed by atoms with Crippen molar-refractivity contribution in [1.29, 1.82) is 0 Å². The molecule has 1 aromatic carbocycles. The largest absolute Gasteiger partial charge is 0.497 e. The van der Waals surface area contributed by atoms with Gasteiger partial charge in [0.05, 0.1) is 7.11 Å². The second kappa shape index (κ2) is 9.45. The highest BCUT2D eigenvalue weighted by Gasteiger charge is 2.10. The molecule has 7 heteroatoms. The van der Waals surface area contributed by atoms with Gasteiger partial charge in [-0.05, 0) is 42.8 Å². The summed E-state index contributed by atoms with van der Waals surface area (Å²) in [6.07, 6.45) is 6.28. The number of pyridine rings is 1. The molecule has 2 heterocycles. The van der Waals surface area contributed by atoms with Crippen LogP contribution in [0.1, 0.15) is 35.2 Å². The van der Waals surface area contributed by atoms with E-state index in [0.29, 0.717) is 42.9 Å². The van der Waals surface area contributed by atoms with Crippen molar-refractivity contribution >= 4 is 11.7 Å². The zero-order valence-electron chi connectivity index (χ0n) is 15.7. The maximum atomic E-state index is 12.2. The minimum absolute atomic E-state index is 0.0173. The van der Waals surface area contributed by atoms with Crippen LogP contribution in [0.2, 0.25) is 0 Å². The van der Waals surface area contributed by atoms with Gasteiger partial charge in [0.1, 0.15) is 5.75 Å².